The Kier molecular flexibility index (Phi) is 6.29. The molecule has 6 nitrogen and oxygen atoms in total. The van der Waals surface area contributed by atoms with Crippen molar-refractivity contribution in [3.63, 3.8) is 0 Å². The van der Waals surface area contributed by atoms with Crippen LogP contribution in [0.1, 0.15) is 61.6 Å². The highest BCUT2D eigenvalue weighted by Crippen LogP contribution is 2.35. The van der Waals surface area contributed by atoms with E-state index < -0.39 is 11.4 Å². The Balaban J connectivity index is 1.60. The molecule has 0 radical (unpaired) electrons. The Morgan fingerprint density at radius 1 is 1.26 bits per heavy atom. The number of hydrogen-bond donors (Lipinski definition) is 3. The highest BCUT2D eigenvalue weighted by Gasteiger charge is 2.46. The lowest BCUT2D eigenvalue weighted by atomic mass is 9.76. The van der Waals surface area contributed by atoms with Gasteiger partial charge in [0.05, 0.1) is 0 Å². The predicted octanol–water partition coefficient (Wildman–Crippen LogP) is 3.01. The van der Waals surface area contributed by atoms with E-state index in [1.165, 1.54) is 6.08 Å². The zero-order chi connectivity index (χ0) is 19.3. The fraction of sp³-hybridized carbons (Fsp3) is 0.524. The summed E-state index contributed by atoms with van der Waals surface area (Å²) in [6, 6.07) is 5.88. The molecular weight excluding hydrogens is 344 g/mol. The third kappa shape index (κ3) is 4.76. The molecule has 0 aliphatic heterocycles. The number of nitrogens with one attached hydrogen (secondary N) is 2. The Bertz CT molecular complexity index is 719. The summed E-state index contributed by atoms with van der Waals surface area (Å²) in [6.07, 6.45) is 9.99. The van der Waals surface area contributed by atoms with Crippen molar-refractivity contribution in [2.24, 2.45) is 0 Å². The minimum absolute atomic E-state index is 0.0899. The number of carbonyl (C=O) groups is 2. The third-order valence-electron chi connectivity index (χ3n) is 5.69. The molecule has 0 saturated heterocycles. The smallest absolute Gasteiger partial charge is 0.326 e. The summed E-state index contributed by atoms with van der Waals surface area (Å²) in [5.74, 6) is -0.654. The topological polar surface area (TPSA) is 87.7 Å². The molecule has 2 aliphatic rings. The molecule has 0 unspecified atom stereocenters. The van der Waals surface area contributed by atoms with Gasteiger partial charge in [0, 0.05) is 12.6 Å². The lowest BCUT2D eigenvalue weighted by Crippen LogP contribution is -2.58. The summed E-state index contributed by atoms with van der Waals surface area (Å²) in [5, 5.41) is 12.0. The summed E-state index contributed by atoms with van der Waals surface area (Å²) in [6.45, 7) is 2.61. The van der Waals surface area contributed by atoms with Gasteiger partial charge in [-0.25, -0.2) is 5.48 Å². The average molecular weight is 372 g/mol. The Morgan fingerprint density at radius 2 is 2.00 bits per heavy atom. The van der Waals surface area contributed by atoms with E-state index >= 15 is 0 Å². The number of rotatable bonds is 7. The van der Waals surface area contributed by atoms with Crippen LogP contribution < -0.4 is 10.8 Å². The molecular formula is C21H28N2O4. The molecule has 0 atom stereocenters. The maximum Gasteiger partial charge on any atom is 0.326 e. The van der Waals surface area contributed by atoms with Gasteiger partial charge in [0.2, 0.25) is 0 Å². The second-order valence-electron chi connectivity index (χ2n) is 7.60. The molecule has 1 amide bonds. The molecule has 2 fully saturated rings. The second kappa shape index (κ2) is 8.67. The molecule has 3 N–H and O–H groups in total. The number of hydroxylamine groups is 1. The first-order valence-corrected chi connectivity index (χ1v) is 9.70. The number of esters is 1. The maximum atomic E-state index is 12.7. The number of hydrogen-bond acceptors (Lipinski definition) is 5. The highest BCUT2D eigenvalue weighted by molar-refractivity contribution is 5.90. The van der Waals surface area contributed by atoms with Gasteiger partial charge >= 0.3 is 5.97 Å². The zero-order valence-electron chi connectivity index (χ0n) is 15.8. The second-order valence-corrected chi connectivity index (χ2v) is 7.60. The summed E-state index contributed by atoms with van der Waals surface area (Å²) >= 11 is 0. The Hall–Kier alpha value is -2.18. The van der Waals surface area contributed by atoms with Crippen molar-refractivity contribution < 1.29 is 19.5 Å². The molecule has 3 rings (SSSR count). The number of benzene rings is 1. The fourth-order valence-corrected chi connectivity index (χ4v) is 3.75. The molecule has 27 heavy (non-hydrogen) atoms. The van der Waals surface area contributed by atoms with Gasteiger partial charge in [-0.2, -0.15) is 0 Å². The van der Waals surface area contributed by atoms with Crippen LogP contribution in [-0.2, 0) is 20.9 Å². The molecule has 0 aromatic heterocycles. The van der Waals surface area contributed by atoms with Gasteiger partial charge in [-0.15, -0.1) is 0 Å². The first-order chi connectivity index (χ1) is 13.0. The van der Waals surface area contributed by atoms with Crippen molar-refractivity contribution in [1.29, 1.82) is 0 Å². The minimum Gasteiger partial charge on any atom is -0.461 e. The molecule has 6 heteroatoms. The van der Waals surface area contributed by atoms with Crippen LogP contribution >= 0.6 is 0 Å². The average Bonchev–Trinajstić information content (AvgIpc) is 3.13. The lowest BCUT2D eigenvalue weighted by molar-refractivity contribution is -0.161. The van der Waals surface area contributed by atoms with E-state index in [1.54, 1.807) is 11.6 Å². The predicted molar refractivity (Wildman–Crippen MR) is 102 cm³/mol. The SMILES string of the molecule is Cc1cc(C=CC(=O)NO)ccc1CNC1(C(=O)OC2CCCC2)CCC1. The van der Waals surface area contributed by atoms with E-state index in [4.69, 9.17) is 9.94 Å². The van der Waals surface area contributed by atoms with Gasteiger partial charge in [0.25, 0.3) is 5.91 Å². The molecule has 0 spiro atoms. The van der Waals surface area contributed by atoms with Crippen LogP contribution in [0.15, 0.2) is 24.3 Å². The van der Waals surface area contributed by atoms with Gasteiger partial charge in [-0.3, -0.25) is 20.1 Å². The van der Waals surface area contributed by atoms with Crippen molar-refractivity contribution in [3.8, 4) is 0 Å². The highest BCUT2D eigenvalue weighted by atomic mass is 16.5. The molecule has 0 bridgehead atoms. The van der Waals surface area contributed by atoms with Crippen molar-refractivity contribution in [1.82, 2.24) is 10.8 Å². The number of aryl methyl sites for hydroxylation is 1. The van der Waals surface area contributed by atoms with Crippen LogP contribution in [0.4, 0.5) is 0 Å². The van der Waals surface area contributed by atoms with Crippen LogP contribution in [0.25, 0.3) is 6.08 Å². The lowest BCUT2D eigenvalue weighted by Gasteiger charge is -2.41. The summed E-state index contributed by atoms with van der Waals surface area (Å²) in [4.78, 5) is 23.8. The van der Waals surface area contributed by atoms with E-state index in [-0.39, 0.29) is 12.1 Å². The van der Waals surface area contributed by atoms with E-state index in [0.717, 1.165) is 61.6 Å². The van der Waals surface area contributed by atoms with Crippen molar-refractivity contribution in [3.05, 3.63) is 41.0 Å². The van der Waals surface area contributed by atoms with Crippen LogP contribution in [0.5, 0.6) is 0 Å². The van der Waals surface area contributed by atoms with E-state index in [1.807, 2.05) is 25.1 Å². The molecule has 2 saturated carbocycles. The minimum atomic E-state index is -0.564. The van der Waals surface area contributed by atoms with Crippen molar-refractivity contribution >= 4 is 18.0 Å². The van der Waals surface area contributed by atoms with Crippen LogP contribution in [0.3, 0.4) is 0 Å². The van der Waals surface area contributed by atoms with Gasteiger partial charge in [0.15, 0.2) is 0 Å². The standard InChI is InChI=1S/C21H28N2O4/c1-15-13-16(8-10-19(24)23-26)7-9-17(15)14-22-21(11-4-12-21)20(25)27-18-5-2-3-6-18/h7-10,13,18,22,26H,2-6,11-12,14H2,1H3,(H,23,24). The van der Waals surface area contributed by atoms with Gasteiger partial charge < -0.3 is 4.74 Å². The quantitative estimate of drug-likeness (QED) is 0.296. The Labute approximate surface area is 159 Å². The molecule has 1 aromatic rings. The third-order valence-corrected chi connectivity index (χ3v) is 5.69. The number of ether oxygens (including phenoxy) is 1. The zero-order valence-corrected chi connectivity index (χ0v) is 15.8. The normalized spacial score (nSPS) is 19.0. The van der Waals surface area contributed by atoms with E-state index in [9.17, 15) is 9.59 Å². The molecule has 0 heterocycles. The molecule has 2 aliphatic carbocycles. The largest absolute Gasteiger partial charge is 0.461 e. The van der Waals surface area contributed by atoms with Crippen LogP contribution in [0, 0.1) is 6.92 Å². The fourth-order valence-electron chi connectivity index (χ4n) is 3.75. The summed E-state index contributed by atoms with van der Waals surface area (Å²) < 4.78 is 5.75. The van der Waals surface area contributed by atoms with Crippen LogP contribution in [-0.4, -0.2) is 28.7 Å². The number of amides is 1. The van der Waals surface area contributed by atoms with Crippen molar-refractivity contribution in [2.75, 3.05) is 0 Å². The van der Waals surface area contributed by atoms with E-state index in [0.29, 0.717) is 6.54 Å². The summed E-state index contributed by atoms with van der Waals surface area (Å²) in [5.41, 5.74) is 4.09. The van der Waals surface area contributed by atoms with Gasteiger partial charge in [-0.1, -0.05) is 18.2 Å². The van der Waals surface area contributed by atoms with Crippen LogP contribution in [0.2, 0.25) is 0 Å². The van der Waals surface area contributed by atoms with Gasteiger partial charge in [-0.05, 0) is 74.6 Å². The Morgan fingerprint density at radius 3 is 2.59 bits per heavy atom. The van der Waals surface area contributed by atoms with E-state index in [2.05, 4.69) is 5.32 Å². The van der Waals surface area contributed by atoms with Gasteiger partial charge in [0.1, 0.15) is 11.6 Å². The first-order valence-electron chi connectivity index (χ1n) is 9.70. The maximum absolute atomic E-state index is 12.7. The molecule has 1 aromatic carbocycles. The summed E-state index contributed by atoms with van der Waals surface area (Å²) in [7, 11) is 0. The van der Waals surface area contributed by atoms with Crippen molar-refractivity contribution in [2.45, 2.75) is 70.1 Å². The monoisotopic (exact) mass is 372 g/mol. The first kappa shape index (κ1) is 19.6. The number of carbonyl (C=O) groups excluding carboxylic acids is 2. The molecule has 146 valence electrons.